The van der Waals surface area contributed by atoms with E-state index in [0.29, 0.717) is 12.5 Å². The predicted octanol–water partition coefficient (Wildman–Crippen LogP) is 4.20. The summed E-state index contributed by atoms with van der Waals surface area (Å²) in [6, 6.07) is 6.28. The first kappa shape index (κ1) is 18.1. The first-order chi connectivity index (χ1) is 11.2. The molecule has 130 valence electrons. The van der Waals surface area contributed by atoms with Gasteiger partial charge in [-0.3, -0.25) is 4.79 Å². The Hall–Kier alpha value is -2.24. The monoisotopic (exact) mass is 333 g/mol. The van der Waals surface area contributed by atoms with E-state index in [1.165, 1.54) is 6.07 Å². The Balaban J connectivity index is 2.43. The van der Waals surface area contributed by atoms with Gasteiger partial charge < -0.3 is 4.74 Å². The molecule has 0 bridgehead atoms. The van der Waals surface area contributed by atoms with E-state index < -0.39 is 5.82 Å². The Labute approximate surface area is 141 Å². The molecule has 1 heterocycles. The second-order valence-corrected chi connectivity index (χ2v) is 7.45. The Morgan fingerprint density at radius 2 is 1.96 bits per heavy atom. The Kier molecular flexibility index (Phi) is 5.36. The van der Waals surface area contributed by atoms with Crippen LogP contribution in [-0.2, 0) is 0 Å². The largest absolute Gasteiger partial charge is 0.462 e. The lowest BCUT2D eigenvalue weighted by Crippen LogP contribution is -2.21. The summed E-state index contributed by atoms with van der Waals surface area (Å²) in [6.07, 6.45) is 0.265. The first-order valence-corrected chi connectivity index (χ1v) is 8.05. The van der Waals surface area contributed by atoms with E-state index in [9.17, 15) is 9.18 Å². The molecular weight excluding hydrogens is 309 g/mol. The average Bonchev–Trinajstić information content (AvgIpc) is 2.88. The number of halogens is 1. The highest BCUT2D eigenvalue weighted by Crippen LogP contribution is 2.26. The maximum Gasteiger partial charge on any atom is 0.336 e. The zero-order valence-electron chi connectivity index (χ0n) is 14.8. The van der Waals surface area contributed by atoms with E-state index in [4.69, 9.17) is 4.74 Å². The summed E-state index contributed by atoms with van der Waals surface area (Å²) in [5, 5.41) is 4.15. The summed E-state index contributed by atoms with van der Waals surface area (Å²) >= 11 is 0. The highest BCUT2D eigenvalue weighted by molar-refractivity contribution is 5.82. The van der Waals surface area contributed by atoms with Gasteiger partial charge in [-0.2, -0.15) is 9.67 Å². The second kappa shape index (κ2) is 7.11. The SMILES string of the molecule is CC(C)COc1nc(-c2ccccc2F)n(C(=O)CC(C)(C)C)n1. The number of nitrogens with zero attached hydrogens (tertiary/aromatic N) is 3. The molecule has 2 rings (SSSR count). The molecule has 0 spiro atoms. The topological polar surface area (TPSA) is 57.0 Å². The number of carbonyl (C=O) groups excluding carboxylic acids is 1. The normalized spacial score (nSPS) is 11.8. The van der Waals surface area contributed by atoms with Crippen LogP contribution >= 0.6 is 0 Å². The summed E-state index contributed by atoms with van der Waals surface area (Å²) in [4.78, 5) is 16.8. The molecule has 2 aromatic rings. The molecule has 1 aromatic heterocycles. The van der Waals surface area contributed by atoms with Gasteiger partial charge in [-0.05, 0) is 23.5 Å². The Bertz CT molecular complexity index is 717. The van der Waals surface area contributed by atoms with Gasteiger partial charge in [0.15, 0.2) is 5.82 Å². The molecule has 0 atom stereocenters. The quantitative estimate of drug-likeness (QED) is 0.823. The van der Waals surface area contributed by atoms with Crippen molar-refractivity contribution in [1.29, 1.82) is 0 Å². The van der Waals surface area contributed by atoms with Gasteiger partial charge in [0.2, 0.25) is 5.91 Å². The molecule has 0 aliphatic carbocycles. The van der Waals surface area contributed by atoms with E-state index >= 15 is 0 Å². The molecule has 0 N–H and O–H groups in total. The second-order valence-electron chi connectivity index (χ2n) is 7.45. The third-order valence-electron chi connectivity index (χ3n) is 3.17. The van der Waals surface area contributed by atoms with Gasteiger partial charge in [0, 0.05) is 6.42 Å². The summed E-state index contributed by atoms with van der Waals surface area (Å²) in [5.41, 5.74) is 0.0146. The fraction of sp³-hybridized carbons (Fsp3) is 0.500. The van der Waals surface area contributed by atoms with Crippen LogP contribution < -0.4 is 4.74 Å². The molecule has 24 heavy (non-hydrogen) atoms. The van der Waals surface area contributed by atoms with Crippen LogP contribution in [0.25, 0.3) is 11.4 Å². The standard InChI is InChI=1S/C18H24FN3O2/c1-12(2)11-24-17-20-16(13-8-6-7-9-14(13)19)22(21-17)15(23)10-18(3,4)5/h6-9,12H,10-11H2,1-5H3. The lowest BCUT2D eigenvalue weighted by atomic mass is 9.92. The maximum atomic E-state index is 14.1. The smallest absolute Gasteiger partial charge is 0.336 e. The number of benzene rings is 1. The van der Waals surface area contributed by atoms with E-state index in [-0.39, 0.29) is 35.1 Å². The molecule has 0 fully saturated rings. The summed E-state index contributed by atoms with van der Waals surface area (Å²) < 4.78 is 20.8. The van der Waals surface area contributed by atoms with Crippen LogP contribution in [0.4, 0.5) is 4.39 Å². The average molecular weight is 333 g/mol. The molecule has 0 radical (unpaired) electrons. The lowest BCUT2D eigenvalue weighted by Gasteiger charge is -2.16. The van der Waals surface area contributed by atoms with Crippen LogP contribution in [0.15, 0.2) is 24.3 Å². The highest BCUT2D eigenvalue weighted by atomic mass is 19.1. The molecule has 0 saturated carbocycles. The minimum absolute atomic E-state index is 0.0872. The fourth-order valence-corrected chi connectivity index (χ4v) is 2.11. The summed E-state index contributed by atoms with van der Waals surface area (Å²) in [6.45, 7) is 10.3. The fourth-order valence-electron chi connectivity index (χ4n) is 2.11. The van der Waals surface area contributed by atoms with Crippen molar-refractivity contribution in [3.8, 4) is 17.4 Å². The number of hydrogen-bond donors (Lipinski definition) is 0. The van der Waals surface area contributed by atoms with Crippen molar-refractivity contribution < 1.29 is 13.9 Å². The van der Waals surface area contributed by atoms with Gasteiger partial charge in [-0.25, -0.2) is 4.39 Å². The molecule has 5 nitrogen and oxygen atoms in total. The molecule has 0 aliphatic heterocycles. The Morgan fingerprint density at radius 1 is 1.29 bits per heavy atom. The highest BCUT2D eigenvalue weighted by Gasteiger charge is 2.24. The molecule has 0 aliphatic rings. The van der Waals surface area contributed by atoms with E-state index in [1.54, 1.807) is 18.2 Å². The molecule has 6 heteroatoms. The summed E-state index contributed by atoms with van der Waals surface area (Å²) in [5.74, 6) is -0.238. The number of aromatic nitrogens is 3. The Morgan fingerprint density at radius 3 is 2.54 bits per heavy atom. The van der Waals surface area contributed by atoms with Crippen LogP contribution in [0.1, 0.15) is 45.8 Å². The maximum absolute atomic E-state index is 14.1. The number of ether oxygens (including phenoxy) is 1. The van der Waals surface area contributed by atoms with Crippen molar-refractivity contribution in [2.24, 2.45) is 11.3 Å². The van der Waals surface area contributed by atoms with Gasteiger partial charge in [0.1, 0.15) is 5.82 Å². The van der Waals surface area contributed by atoms with Crippen LogP contribution in [0, 0.1) is 17.2 Å². The lowest BCUT2D eigenvalue weighted by molar-refractivity contribution is 0.0839. The molecule has 0 unspecified atom stereocenters. The van der Waals surface area contributed by atoms with Crippen molar-refractivity contribution in [2.75, 3.05) is 6.61 Å². The third kappa shape index (κ3) is 4.63. The van der Waals surface area contributed by atoms with Gasteiger partial charge in [-0.1, -0.05) is 46.8 Å². The van der Waals surface area contributed by atoms with Gasteiger partial charge in [-0.15, -0.1) is 5.10 Å². The zero-order valence-corrected chi connectivity index (χ0v) is 14.8. The first-order valence-electron chi connectivity index (χ1n) is 8.05. The van der Waals surface area contributed by atoms with Crippen LogP contribution in [0.2, 0.25) is 0 Å². The number of rotatable bonds is 5. The molecular formula is C18H24FN3O2. The molecule has 0 saturated heterocycles. The van der Waals surface area contributed by atoms with Crippen molar-refractivity contribution >= 4 is 5.91 Å². The zero-order chi connectivity index (χ0) is 17.9. The van der Waals surface area contributed by atoms with E-state index in [1.807, 2.05) is 34.6 Å². The number of carbonyl (C=O) groups is 1. The van der Waals surface area contributed by atoms with Crippen molar-refractivity contribution in [3.05, 3.63) is 30.1 Å². The van der Waals surface area contributed by atoms with E-state index in [0.717, 1.165) is 4.68 Å². The van der Waals surface area contributed by atoms with Crippen molar-refractivity contribution in [1.82, 2.24) is 14.8 Å². The van der Waals surface area contributed by atoms with Crippen molar-refractivity contribution in [2.45, 2.75) is 41.0 Å². The summed E-state index contributed by atoms with van der Waals surface area (Å²) in [7, 11) is 0. The van der Waals surface area contributed by atoms with Crippen molar-refractivity contribution in [3.63, 3.8) is 0 Å². The number of hydrogen-bond acceptors (Lipinski definition) is 4. The van der Waals surface area contributed by atoms with E-state index in [2.05, 4.69) is 10.1 Å². The molecule has 0 amide bonds. The minimum Gasteiger partial charge on any atom is -0.462 e. The van der Waals surface area contributed by atoms with Gasteiger partial charge in [0.25, 0.3) is 0 Å². The van der Waals surface area contributed by atoms with Gasteiger partial charge >= 0.3 is 6.01 Å². The van der Waals surface area contributed by atoms with Crippen LogP contribution in [0.3, 0.4) is 0 Å². The van der Waals surface area contributed by atoms with Crippen LogP contribution in [0.5, 0.6) is 6.01 Å². The minimum atomic E-state index is -0.454. The molecule has 1 aromatic carbocycles. The third-order valence-corrected chi connectivity index (χ3v) is 3.17. The predicted molar refractivity (Wildman–Crippen MR) is 90.4 cm³/mol. The van der Waals surface area contributed by atoms with Gasteiger partial charge in [0.05, 0.1) is 12.2 Å². The van der Waals surface area contributed by atoms with Crippen LogP contribution in [-0.4, -0.2) is 27.3 Å².